The van der Waals surface area contributed by atoms with E-state index < -0.39 is 11.7 Å². The Kier molecular flexibility index (Phi) is 5.43. The van der Waals surface area contributed by atoms with Crippen molar-refractivity contribution in [1.82, 2.24) is 5.43 Å². The highest BCUT2D eigenvalue weighted by Crippen LogP contribution is 2.29. The minimum absolute atomic E-state index is 0.0210. The maximum Gasteiger partial charge on any atom is 0.416 e. The largest absolute Gasteiger partial charge is 0.416 e. The fourth-order valence-corrected chi connectivity index (χ4v) is 3.57. The van der Waals surface area contributed by atoms with Crippen LogP contribution in [0, 0.1) is 0 Å². The fourth-order valence-electron chi connectivity index (χ4n) is 2.01. The van der Waals surface area contributed by atoms with Crippen molar-refractivity contribution in [2.75, 3.05) is 0 Å². The summed E-state index contributed by atoms with van der Waals surface area (Å²) in [5.41, 5.74) is 2.91. The lowest BCUT2D eigenvalue weighted by Gasteiger charge is -2.15. The Morgan fingerprint density at radius 1 is 1.10 bits per heavy atom. The van der Waals surface area contributed by atoms with Crippen molar-refractivity contribution < 1.29 is 13.2 Å². The molecule has 21 heavy (non-hydrogen) atoms. The number of nitrogens with two attached hydrogens (primary N) is 1. The molecule has 1 heterocycles. The first-order valence-electron chi connectivity index (χ1n) is 6.25. The topological polar surface area (TPSA) is 38.0 Å². The lowest BCUT2D eigenvalue weighted by Crippen LogP contribution is -2.38. The van der Waals surface area contributed by atoms with Crippen LogP contribution < -0.4 is 11.3 Å². The zero-order valence-electron chi connectivity index (χ0n) is 11.0. The van der Waals surface area contributed by atoms with Crippen LogP contribution in [-0.2, 0) is 19.0 Å². The third-order valence-electron chi connectivity index (χ3n) is 3.08. The van der Waals surface area contributed by atoms with Gasteiger partial charge >= 0.3 is 6.18 Å². The number of rotatable bonds is 5. The van der Waals surface area contributed by atoms with Gasteiger partial charge in [0.15, 0.2) is 0 Å². The van der Waals surface area contributed by atoms with E-state index in [2.05, 4.69) is 21.4 Å². The third-order valence-corrected chi connectivity index (χ3v) is 4.72. The van der Waals surface area contributed by atoms with Crippen molar-refractivity contribution in [2.24, 2.45) is 5.84 Å². The van der Waals surface area contributed by atoms with Crippen LogP contribution in [0.15, 0.2) is 40.2 Å². The Balaban J connectivity index is 2.01. The van der Waals surface area contributed by atoms with Crippen LogP contribution in [0.4, 0.5) is 13.2 Å². The van der Waals surface area contributed by atoms with Crippen molar-refractivity contribution in [3.05, 3.63) is 56.2 Å². The molecule has 0 aliphatic rings. The number of alkyl halides is 3. The predicted molar refractivity (Wildman–Crippen MR) is 82.0 cm³/mol. The lowest BCUT2D eigenvalue weighted by atomic mass is 10.0. The van der Waals surface area contributed by atoms with Crippen molar-refractivity contribution in [3.63, 3.8) is 0 Å². The number of halogens is 4. The van der Waals surface area contributed by atoms with Crippen LogP contribution in [0.3, 0.4) is 0 Å². The predicted octanol–water partition coefficient (Wildman–Crippen LogP) is 4.15. The number of hydrogen-bond donors (Lipinski definition) is 2. The molecule has 0 radical (unpaired) electrons. The van der Waals surface area contributed by atoms with E-state index in [1.165, 1.54) is 12.1 Å². The van der Waals surface area contributed by atoms with Crippen molar-refractivity contribution >= 4 is 27.3 Å². The maximum absolute atomic E-state index is 12.5. The molecule has 1 aromatic heterocycles. The molecular formula is C14H14BrF3N2S. The Morgan fingerprint density at radius 2 is 1.76 bits per heavy atom. The van der Waals surface area contributed by atoms with E-state index in [9.17, 15) is 13.2 Å². The molecule has 2 rings (SSSR count). The fraction of sp³-hybridized carbons (Fsp3) is 0.286. The van der Waals surface area contributed by atoms with Crippen LogP contribution in [0.2, 0.25) is 0 Å². The van der Waals surface area contributed by atoms with Crippen LogP contribution in [0.25, 0.3) is 0 Å². The van der Waals surface area contributed by atoms with Crippen LogP contribution in [0.5, 0.6) is 0 Å². The second kappa shape index (κ2) is 6.91. The van der Waals surface area contributed by atoms with Crippen molar-refractivity contribution in [2.45, 2.75) is 25.1 Å². The van der Waals surface area contributed by atoms with E-state index >= 15 is 0 Å². The molecule has 1 atom stereocenters. The first-order chi connectivity index (χ1) is 9.88. The van der Waals surface area contributed by atoms with Gasteiger partial charge in [0.05, 0.1) is 9.35 Å². The molecule has 0 spiro atoms. The van der Waals surface area contributed by atoms with E-state index in [1.54, 1.807) is 11.3 Å². The monoisotopic (exact) mass is 378 g/mol. The van der Waals surface area contributed by atoms with Gasteiger partial charge < -0.3 is 0 Å². The molecule has 1 unspecified atom stereocenters. The van der Waals surface area contributed by atoms with Crippen LogP contribution in [-0.4, -0.2) is 6.04 Å². The number of hydrazine groups is 1. The van der Waals surface area contributed by atoms with Gasteiger partial charge in [0.2, 0.25) is 0 Å². The summed E-state index contributed by atoms with van der Waals surface area (Å²) in [6.07, 6.45) is -2.99. The minimum Gasteiger partial charge on any atom is -0.271 e. The van der Waals surface area contributed by atoms with Gasteiger partial charge in [-0.15, -0.1) is 11.3 Å². The molecule has 1 aromatic carbocycles. The van der Waals surface area contributed by atoms with Crippen LogP contribution >= 0.6 is 27.3 Å². The molecule has 0 aliphatic heterocycles. The molecule has 114 valence electrons. The van der Waals surface area contributed by atoms with Gasteiger partial charge in [0.25, 0.3) is 0 Å². The normalized spacial score (nSPS) is 13.4. The lowest BCUT2D eigenvalue weighted by molar-refractivity contribution is -0.137. The maximum atomic E-state index is 12.5. The average Bonchev–Trinajstić information content (AvgIpc) is 2.83. The van der Waals surface area contributed by atoms with Gasteiger partial charge in [0, 0.05) is 10.9 Å². The molecule has 0 saturated carbocycles. The van der Waals surface area contributed by atoms with E-state index in [4.69, 9.17) is 5.84 Å². The molecule has 0 fully saturated rings. The molecule has 7 heteroatoms. The molecule has 2 aromatic rings. The molecule has 0 aliphatic carbocycles. The minimum atomic E-state index is -4.30. The first kappa shape index (κ1) is 16.5. The average molecular weight is 379 g/mol. The Morgan fingerprint density at radius 3 is 2.24 bits per heavy atom. The van der Waals surface area contributed by atoms with Gasteiger partial charge in [-0.05, 0) is 58.6 Å². The van der Waals surface area contributed by atoms with E-state index in [0.717, 1.165) is 32.8 Å². The summed E-state index contributed by atoms with van der Waals surface area (Å²) in [5, 5.41) is 0. The standard InChI is InChI=1S/C14H14BrF3N2S/c15-13-6-5-12(21-13)8-11(20-19)7-9-1-3-10(4-2-9)14(16,17)18/h1-6,11,20H,7-8,19H2. The molecule has 3 N–H and O–H groups in total. The number of benzene rings is 1. The highest BCUT2D eigenvalue weighted by molar-refractivity contribution is 9.11. The third kappa shape index (κ3) is 4.81. The molecule has 2 nitrogen and oxygen atoms in total. The summed E-state index contributed by atoms with van der Waals surface area (Å²) in [6, 6.07) is 9.15. The zero-order chi connectivity index (χ0) is 15.5. The molecule has 0 bridgehead atoms. The summed E-state index contributed by atoms with van der Waals surface area (Å²) >= 11 is 5.02. The highest BCUT2D eigenvalue weighted by atomic mass is 79.9. The van der Waals surface area contributed by atoms with Crippen molar-refractivity contribution in [1.29, 1.82) is 0 Å². The van der Waals surface area contributed by atoms with Gasteiger partial charge in [-0.2, -0.15) is 13.2 Å². The first-order valence-corrected chi connectivity index (χ1v) is 7.86. The molecule has 0 saturated heterocycles. The summed E-state index contributed by atoms with van der Waals surface area (Å²) < 4.78 is 38.6. The number of nitrogens with one attached hydrogen (secondary N) is 1. The molecule has 0 amide bonds. The van der Waals surface area contributed by atoms with Gasteiger partial charge in [-0.1, -0.05) is 12.1 Å². The van der Waals surface area contributed by atoms with E-state index in [-0.39, 0.29) is 6.04 Å². The van der Waals surface area contributed by atoms with E-state index in [1.807, 2.05) is 12.1 Å². The summed E-state index contributed by atoms with van der Waals surface area (Å²) in [5.74, 6) is 5.54. The summed E-state index contributed by atoms with van der Waals surface area (Å²) in [4.78, 5) is 1.16. The SMILES string of the molecule is NNC(Cc1ccc(C(F)(F)F)cc1)Cc1ccc(Br)s1. The molecular weight excluding hydrogens is 365 g/mol. The van der Waals surface area contributed by atoms with Gasteiger partial charge in [-0.25, -0.2) is 0 Å². The summed E-state index contributed by atoms with van der Waals surface area (Å²) in [7, 11) is 0. The van der Waals surface area contributed by atoms with Gasteiger partial charge in [-0.3, -0.25) is 11.3 Å². The number of hydrogen-bond acceptors (Lipinski definition) is 3. The smallest absolute Gasteiger partial charge is 0.271 e. The second-order valence-corrected chi connectivity index (χ2v) is 7.22. The number of thiophene rings is 1. The quantitative estimate of drug-likeness (QED) is 0.605. The van der Waals surface area contributed by atoms with Gasteiger partial charge in [0.1, 0.15) is 0 Å². The van der Waals surface area contributed by atoms with E-state index in [0.29, 0.717) is 6.42 Å². The Bertz CT molecular complexity index is 581. The summed E-state index contributed by atoms with van der Waals surface area (Å²) in [6.45, 7) is 0. The highest BCUT2D eigenvalue weighted by Gasteiger charge is 2.29. The Labute approximate surface area is 133 Å². The van der Waals surface area contributed by atoms with Crippen molar-refractivity contribution in [3.8, 4) is 0 Å². The second-order valence-electron chi connectivity index (χ2n) is 4.67. The van der Waals surface area contributed by atoms with Crippen LogP contribution in [0.1, 0.15) is 16.0 Å². The zero-order valence-corrected chi connectivity index (χ0v) is 13.4. The Hall–Kier alpha value is -0.890.